The van der Waals surface area contributed by atoms with Gasteiger partial charge in [-0.05, 0) is 97.1 Å². The Morgan fingerprint density at radius 2 is 0.365 bits per heavy atom. The van der Waals surface area contributed by atoms with Gasteiger partial charge in [-0.2, -0.15) is 0 Å². The summed E-state index contributed by atoms with van der Waals surface area (Å²) in [5.74, 6) is 4.04. The second kappa shape index (κ2) is 16.5. The molecule has 0 aromatic heterocycles. The molecule has 0 atom stereocenters. The molecule has 6 rings (SSSR count). The van der Waals surface area contributed by atoms with Crippen molar-refractivity contribution in [1.82, 2.24) is 0 Å². The van der Waals surface area contributed by atoms with Gasteiger partial charge in [-0.1, -0.05) is 0 Å². The van der Waals surface area contributed by atoms with Gasteiger partial charge in [-0.3, -0.25) is 40.5 Å². The van der Waals surface area contributed by atoms with E-state index in [2.05, 4.69) is 0 Å². The molecule has 0 amide bonds. The Labute approximate surface area is 293 Å². The number of nitro groups is 4. The van der Waals surface area contributed by atoms with Crippen LogP contribution in [0.4, 0.5) is 22.7 Å². The molecule has 0 spiro atoms. The summed E-state index contributed by atoms with van der Waals surface area (Å²) in [5.41, 5.74) is -0.0400. The number of nitro benzene ring substituents is 4. The van der Waals surface area contributed by atoms with E-state index in [1.807, 2.05) is 0 Å². The molecule has 0 bridgehead atoms. The largest absolute Gasteiger partial charge is 0.457 e. The van der Waals surface area contributed by atoms with Crippen molar-refractivity contribution in [3.05, 3.63) is 186 Å². The molecule has 16 heteroatoms. The molecule has 0 saturated carbocycles. The topological polar surface area (TPSA) is 209 Å². The average Bonchev–Trinajstić information content (AvgIpc) is 3.14. The molecule has 16 nitrogen and oxygen atoms in total. The van der Waals surface area contributed by atoms with Crippen molar-refractivity contribution in [3.8, 4) is 46.0 Å². The molecule has 0 aliphatic carbocycles. The van der Waals surface area contributed by atoms with Gasteiger partial charge in [0.2, 0.25) is 0 Å². The van der Waals surface area contributed by atoms with Crippen LogP contribution in [0.2, 0.25) is 0 Å². The molecular weight excluding hydrogens is 680 g/mol. The van der Waals surface area contributed by atoms with Gasteiger partial charge in [0.25, 0.3) is 22.7 Å². The molecule has 6 aromatic rings. The van der Waals surface area contributed by atoms with E-state index in [0.29, 0.717) is 46.0 Å². The number of rotatable bonds is 12. The summed E-state index contributed by atoms with van der Waals surface area (Å²) in [6.07, 6.45) is 0. The highest BCUT2D eigenvalue weighted by atomic mass is 16.6. The maximum absolute atomic E-state index is 10.6. The van der Waals surface area contributed by atoms with E-state index in [-0.39, 0.29) is 22.7 Å². The lowest BCUT2D eigenvalue weighted by Crippen LogP contribution is -1.89. The van der Waals surface area contributed by atoms with Gasteiger partial charge in [-0.15, -0.1) is 0 Å². The minimum absolute atomic E-state index is 0.0100. The molecule has 0 aliphatic heterocycles. The monoisotopic (exact) mass is 704 g/mol. The lowest BCUT2D eigenvalue weighted by atomic mass is 10.3. The molecule has 0 N–H and O–H groups in total. The van der Waals surface area contributed by atoms with Gasteiger partial charge >= 0.3 is 0 Å². The van der Waals surface area contributed by atoms with Crippen LogP contribution in [0.5, 0.6) is 46.0 Å². The minimum atomic E-state index is -0.478. The van der Waals surface area contributed by atoms with E-state index in [0.717, 1.165) is 0 Å². The van der Waals surface area contributed by atoms with Crippen molar-refractivity contribution in [2.24, 2.45) is 0 Å². The molecule has 0 unspecified atom stereocenters. The SMILES string of the molecule is O=[N+]([O-])c1ccc(Oc2ccc(Oc3ccc([N+](=O)[O-])cc3)cc2)cc1.O=[N+]([O-])c1ccc(Oc2ccc(Oc3ccc([N+](=O)[O-])cc3)cc2)cc1. The van der Waals surface area contributed by atoms with E-state index in [4.69, 9.17) is 18.9 Å². The van der Waals surface area contributed by atoms with Crippen molar-refractivity contribution in [2.45, 2.75) is 0 Å². The Bertz CT molecular complexity index is 1840. The molecule has 0 aliphatic rings. The highest BCUT2D eigenvalue weighted by Crippen LogP contribution is 2.30. The molecule has 0 heterocycles. The Hall–Kier alpha value is -7.88. The average molecular weight is 705 g/mol. The number of hydrogen-bond acceptors (Lipinski definition) is 12. The van der Waals surface area contributed by atoms with Crippen LogP contribution in [0.3, 0.4) is 0 Å². The van der Waals surface area contributed by atoms with Crippen molar-refractivity contribution in [1.29, 1.82) is 0 Å². The van der Waals surface area contributed by atoms with E-state index < -0.39 is 19.7 Å². The van der Waals surface area contributed by atoms with Crippen molar-refractivity contribution in [2.75, 3.05) is 0 Å². The van der Waals surface area contributed by atoms with Gasteiger partial charge in [0.1, 0.15) is 46.0 Å². The first-order valence-corrected chi connectivity index (χ1v) is 14.9. The molecule has 0 saturated heterocycles. The number of ether oxygens (including phenoxy) is 4. The summed E-state index contributed by atoms with van der Waals surface area (Å²) in [6, 6.07) is 36.5. The van der Waals surface area contributed by atoms with Crippen LogP contribution >= 0.6 is 0 Å². The molecule has 0 fully saturated rings. The number of non-ortho nitro benzene ring substituents is 4. The van der Waals surface area contributed by atoms with Crippen LogP contribution < -0.4 is 18.9 Å². The van der Waals surface area contributed by atoms with Crippen LogP contribution in [0.1, 0.15) is 0 Å². The van der Waals surface area contributed by atoms with Gasteiger partial charge in [-0.25, -0.2) is 0 Å². The summed E-state index contributed by atoms with van der Waals surface area (Å²) in [6.45, 7) is 0. The van der Waals surface area contributed by atoms with Crippen molar-refractivity contribution >= 4 is 22.7 Å². The molecular formula is C36H24N4O12. The summed E-state index contributed by atoms with van der Waals surface area (Å²) in [7, 11) is 0. The summed E-state index contributed by atoms with van der Waals surface area (Å²) in [5, 5.41) is 42.5. The van der Waals surface area contributed by atoms with E-state index in [1.54, 1.807) is 48.5 Å². The van der Waals surface area contributed by atoms with Crippen LogP contribution in [0.15, 0.2) is 146 Å². The Balaban J connectivity index is 0.000000201. The van der Waals surface area contributed by atoms with Gasteiger partial charge in [0.15, 0.2) is 0 Å². The van der Waals surface area contributed by atoms with Crippen LogP contribution in [-0.4, -0.2) is 19.7 Å². The van der Waals surface area contributed by atoms with E-state index in [1.165, 1.54) is 97.1 Å². The second-order valence-corrected chi connectivity index (χ2v) is 10.4. The summed E-state index contributed by atoms with van der Waals surface area (Å²) >= 11 is 0. The summed E-state index contributed by atoms with van der Waals surface area (Å²) in [4.78, 5) is 40.6. The van der Waals surface area contributed by atoms with Gasteiger partial charge in [0.05, 0.1) is 19.7 Å². The van der Waals surface area contributed by atoms with E-state index >= 15 is 0 Å². The zero-order valence-corrected chi connectivity index (χ0v) is 26.5. The molecule has 6 aromatic carbocycles. The quantitative estimate of drug-likeness (QED) is 0.0860. The maximum atomic E-state index is 10.6. The Kier molecular flexibility index (Phi) is 11.2. The first-order valence-electron chi connectivity index (χ1n) is 14.9. The zero-order chi connectivity index (χ0) is 37.0. The fourth-order valence-corrected chi connectivity index (χ4v) is 4.24. The highest BCUT2D eigenvalue weighted by Gasteiger charge is 2.09. The van der Waals surface area contributed by atoms with Crippen LogP contribution in [0.25, 0.3) is 0 Å². The molecule has 260 valence electrons. The van der Waals surface area contributed by atoms with Gasteiger partial charge in [0, 0.05) is 48.5 Å². The standard InChI is InChI=1S/2C18H12N2O6/c2*21-19(22)13-1-5-15(6-2-13)25-17-9-11-18(12-10-17)26-16-7-3-14(4-8-16)20(23)24/h2*1-12H. The van der Waals surface area contributed by atoms with Crippen LogP contribution in [-0.2, 0) is 0 Å². The Morgan fingerprint density at radius 3 is 0.481 bits per heavy atom. The third-order valence-electron chi connectivity index (χ3n) is 6.78. The third-order valence-corrected chi connectivity index (χ3v) is 6.78. The number of nitrogens with zero attached hydrogens (tertiary/aromatic N) is 4. The fourth-order valence-electron chi connectivity index (χ4n) is 4.24. The van der Waals surface area contributed by atoms with Gasteiger partial charge < -0.3 is 18.9 Å². The first kappa shape index (κ1) is 35.4. The second-order valence-electron chi connectivity index (χ2n) is 10.4. The number of benzene rings is 6. The highest BCUT2D eigenvalue weighted by molar-refractivity contribution is 5.44. The fraction of sp³-hybridized carbons (Fsp3) is 0. The molecule has 0 radical (unpaired) electrons. The predicted octanol–water partition coefficient (Wildman–Crippen LogP) is 10.2. The minimum Gasteiger partial charge on any atom is -0.457 e. The smallest absolute Gasteiger partial charge is 0.269 e. The Morgan fingerprint density at radius 1 is 0.250 bits per heavy atom. The van der Waals surface area contributed by atoms with Crippen molar-refractivity contribution < 1.29 is 38.6 Å². The summed E-state index contributed by atoms with van der Waals surface area (Å²) < 4.78 is 22.4. The zero-order valence-electron chi connectivity index (χ0n) is 26.5. The number of hydrogen-bond donors (Lipinski definition) is 0. The van der Waals surface area contributed by atoms with E-state index in [9.17, 15) is 40.5 Å². The molecule has 52 heavy (non-hydrogen) atoms. The maximum Gasteiger partial charge on any atom is 0.269 e. The van der Waals surface area contributed by atoms with Crippen LogP contribution in [0, 0.1) is 40.5 Å². The first-order chi connectivity index (χ1) is 25.0. The predicted molar refractivity (Wildman–Crippen MR) is 186 cm³/mol. The third kappa shape index (κ3) is 10.1. The lowest BCUT2D eigenvalue weighted by molar-refractivity contribution is -0.385. The lowest BCUT2D eigenvalue weighted by Gasteiger charge is -2.08. The normalized spacial score (nSPS) is 10.2. The van der Waals surface area contributed by atoms with Crippen molar-refractivity contribution in [3.63, 3.8) is 0 Å².